The van der Waals surface area contributed by atoms with Gasteiger partial charge in [-0.05, 0) is 34.7 Å². The summed E-state index contributed by atoms with van der Waals surface area (Å²) in [6.45, 7) is 1.27. The smallest absolute Gasteiger partial charge is 0.163 e. The Hall–Kier alpha value is -0.520. The van der Waals surface area contributed by atoms with E-state index in [1.807, 2.05) is 22.6 Å². The molecule has 1 aromatic rings. The van der Waals surface area contributed by atoms with E-state index in [1.54, 1.807) is 12.1 Å². The molecule has 1 heterocycles. The second-order valence-electron chi connectivity index (χ2n) is 2.51. The number of rotatable bonds is 0. The number of ether oxygens (including phenoxy) is 1. The normalized spacial score (nSPS) is 14.5. The van der Waals surface area contributed by atoms with Crippen LogP contribution in [-0.4, -0.2) is 13.2 Å². The minimum atomic E-state index is -0.215. The molecule has 0 aromatic heterocycles. The molecule has 64 valence electrons. The number of hydrogen-bond acceptors (Lipinski definition) is 2. The van der Waals surface area contributed by atoms with Crippen molar-refractivity contribution in [2.75, 3.05) is 18.5 Å². The van der Waals surface area contributed by atoms with Crippen LogP contribution in [0.2, 0.25) is 0 Å². The van der Waals surface area contributed by atoms with E-state index in [0.29, 0.717) is 28.2 Å². The summed E-state index contributed by atoms with van der Waals surface area (Å²) in [5.74, 6) is 0.395. The minimum Gasteiger partial charge on any atom is -0.489 e. The van der Waals surface area contributed by atoms with Gasteiger partial charge in [-0.15, -0.1) is 0 Å². The molecule has 1 aliphatic heterocycles. The molecule has 2 rings (SSSR count). The molecule has 1 aromatic carbocycles. The first kappa shape index (κ1) is 8.10. The lowest BCUT2D eigenvalue weighted by Gasteiger charge is -2.19. The SMILES string of the molecule is Fc1c(I)ccc2c1NCCO2. The largest absolute Gasteiger partial charge is 0.489 e. The molecule has 1 N–H and O–H groups in total. The van der Waals surface area contributed by atoms with Crippen molar-refractivity contribution in [1.29, 1.82) is 0 Å². The Morgan fingerprint density at radius 3 is 3.17 bits per heavy atom. The zero-order valence-corrected chi connectivity index (χ0v) is 8.39. The Bertz CT molecular complexity index is 316. The number of fused-ring (bicyclic) bond motifs is 1. The summed E-state index contributed by atoms with van der Waals surface area (Å²) in [4.78, 5) is 0. The van der Waals surface area contributed by atoms with Gasteiger partial charge >= 0.3 is 0 Å². The van der Waals surface area contributed by atoms with Crippen LogP contribution in [-0.2, 0) is 0 Å². The molecule has 0 atom stereocenters. The van der Waals surface area contributed by atoms with Crippen molar-refractivity contribution in [2.24, 2.45) is 0 Å². The van der Waals surface area contributed by atoms with Crippen LogP contribution in [0, 0.1) is 9.39 Å². The summed E-state index contributed by atoms with van der Waals surface area (Å²) >= 11 is 1.96. The monoisotopic (exact) mass is 279 g/mol. The maximum Gasteiger partial charge on any atom is 0.163 e. The number of nitrogens with one attached hydrogen (secondary N) is 1. The van der Waals surface area contributed by atoms with E-state index in [2.05, 4.69) is 5.32 Å². The van der Waals surface area contributed by atoms with Gasteiger partial charge in [-0.3, -0.25) is 0 Å². The van der Waals surface area contributed by atoms with Crippen molar-refractivity contribution in [3.05, 3.63) is 21.5 Å². The maximum absolute atomic E-state index is 13.3. The highest BCUT2D eigenvalue weighted by Gasteiger charge is 2.15. The van der Waals surface area contributed by atoms with Crippen molar-refractivity contribution in [2.45, 2.75) is 0 Å². The number of anilines is 1. The minimum absolute atomic E-state index is 0.215. The Kier molecular flexibility index (Phi) is 2.08. The fourth-order valence-corrected chi connectivity index (χ4v) is 1.60. The number of hydrogen-bond donors (Lipinski definition) is 1. The van der Waals surface area contributed by atoms with Gasteiger partial charge in [0.2, 0.25) is 0 Å². The molecule has 0 fully saturated rings. The predicted molar refractivity (Wildman–Crippen MR) is 53.1 cm³/mol. The van der Waals surface area contributed by atoms with E-state index in [-0.39, 0.29) is 5.82 Å². The molecule has 0 amide bonds. The first-order valence-corrected chi connectivity index (χ1v) is 4.71. The number of benzene rings is 1. The summed E-state index contributed by atoms with van der Waals surface area (Å²) in [6, 6.07) is 3.49. The molecule has 0 radical (unpaired) electrons. The zero-order valence-electron chi connectivity index (χ0n) is 6.23. The highest BCUT2D eigenvalue weighted by atomic mass is 127. The molecule has 0 bridgehead atoms. The van der Waals surface area contributed by atoms with Crippen LogP contribution < -0.4 is 10.1 Å². The van der Waals surface area contributed by atoms with Crippen LogP contribution in [0.4, 0.5) is 10.1 Å². The average Bonchev–Trinajstić information content (AvgIpc) is 2.12. The molecule has 0 saturated heterocycles. The van der Waals surface area contributed by atoms with Crippen molar-refractivity contribution < 1.29 is 9.13 Å². The van der Waals surface area contributed by atoms with Gasteiger partial charge in [-0.25, -0.2) is 4.39 Å². The van der Waals surface area contributed by atoms with Crippen LogP contribution in [0.1, 0.15) is 0 Å². The van der Waals surface area contributed by atoms with Gasteiger partial charge in [0, 0.05) is 6.54 Å². The summed E-state index contributed by atoms with van der Waals surface area (Å²) in [5.41, 5.74) is 0.494. The molecule has 2 nitrogen and oxygen atoms in total. The van der Waals surface area contributed by atoms with Crippen LogP contribution in [0.3, 0.4) is 0 Å². The second kappa shape index (κ2) is 3.08. The first-order chi connectivity index (χ1) is 5.79. The van der Waals surface area contributed by atoms with E-state index >= 15 is 0 Å². The van der Waals surface area contributed by atoms with Crippen molar-refractivity contribution in [3.8, 4) is 5.75 Å². The molecule has 1 aliphatic rings. The van der Waals surface area contributed by atoms with Gasteiger partial charge < -0.3 is 10.1 Å². The van der Waals surface area contributed by atoms with E-state index < -0.39 is 0 Å². The summed E-state index contributed by atoms with van der Waals surface area (Å²) in [6.07, 6.45) is 0. The Morgan fingerprint density at radius 2 is 2.33 bits per heavy atom. The van der Waals surface area contributed by atoms with Gasteiger partial charge in [0.25, 0.3) is 0 Å². The van der Waals surface area contributed by atoms with E-state index in [0.717, 1.165) is 0 Å². The quantitative estimate of drug-likeness (QED) is 0.735. The van der Waals surface area contributed by atoms with Gasteiger partial charge in [-0.1, -0.05) is 0 Å². The topological polar surface area (TPSA) is 21.3 Å². The highest BCUT2D eigenvalue weighted by Crippen LogP contribution is 2.32. The lowest BCUT2D eigenvalue weighted by atomic mass is 10.2. The van der Waals surface area contributed by atoms with E-state index in [9.17, 15) is 4.39 Å². The molecular weight excluding hydrogens is 272 g/mol. The molecule has 0 spiro atoms. The molecule has 0 aliphatic carbocycles. The summed E-state index contributed by atoms with van der Waals surface area (Å²) in [5, 5.41) is 2.97. The maximum atomic E-state index is 13.3. The van der Waals surface area contributed by atoms with E-state index in [1.165, 1.54) is 0 Å². The highest BCUT2D eigenvalue weighted by molar-refractivity contribution is 14.1. The Morgan fingerprint density at radius 1 is 1.50 bits per heavy atom. The predicted octanol–water partition coefficient (Wildman–Crippen LogP) is 2.23. The van der Waals surface area contributed by atoms with Crippen LogP contribution in [0.25, 0.3) is 0 Å². The van der Waals surface area contributed by atoms with Crippen LogP contribution in [0.5, 0.6) is 5.75 Å². The van der Waals surface area contributed by atoms with Crippen molar-refractivity contribution in [1.82, 2.24) is 0 Å². The fourth-order valence-electron chi connectivity index (χ4n) is 1.15. The fraction of sp³-hybridized carbons (Fsp3) is 0.250. The molecule has 12 heavy (non-hydrogen) atoms. The van der Waals surface area contributed by atoms with Gasteiger partial charge in [0.05, 0.1) is 3.57 Å². The molecule has 4 heteroatoms. The average molecular weight is 279 g/mol. The van der Waals surface area contributed by atoms with Crippen molar-refractivity contribution >= 4 is 28.3 Å². The third-order valence-corrected chi connectivity index (χ3v) is 2.55. The second-order valence-corrected chi connectivity index (χ2v) is 3.67. The standard InChI is InChI=1S/C8H7FINO/c9-7-5(10)1-2-6-8(7)11-3-4-12-6/h1-2,11H,3-4H2. The Balaban J connectivity index is 2.54. The summed E-state index contributed by atoms with van der Waals surface area (Å²) < 4.78 is 19.2. The van der Waals surface area contributed by atoms with E-state index in [4.69, 9.17) is 4.74 Å². The lowest BCUT2D eigenvalue weighted by Crippen LogP contribution is -2.19. The Labute approximate surface area is 83.2 Å². The van der Waals surface area contributed by atoms with Gasteiger partial charge in [0.15, 0.2) is 5.82 Å². The molecule has 0 saturated carbocycles. The van der Waals surface area contributed by atoms with Crippen molar-refractivity contribution in [3.63, 3.8) is 0 Å². The first-order valence-electron chi connectivity index (χ1n) is 3.64. The van der Waals surface area contributed by atoms with Gasteiger partial charge in [0.1, 0.15) is 18.0 Å². The van der Waals surface area contributed by atoms with Gasteiger partial charge in [-0.2, -0.15) is 0 Å². The van der Waals surface area contributed by atoms with Crippen LogP contribution >= 0.6 is 22.6 Å². The zero-order chi connectivity index (χ0) is 8.55. The number of halogens is 2. The lowest BCUT2D eigenvalue weighted by molar-refractivity contribution is 0.320. The summed E-state index contributed by atoms with van der Waals surface area (Å²) in [7, 11) is 0. The van der Waals surface area contributed by atoms with Crippen LogP contribution in [0.15, 0.2) is 12.1 Å². The third kappa shape index (κ3) is 1.24. The molecular formula is C8H7FINO. The third-order valence-electron chi connectivity index (χ3n) is 1.72. The molecule has 0 unspecified atom stereocenters.